The topological polar surface area (TPSA) is 50.8 Å². The van der Waals surface area contributed by atoms with Gasteiger partial charge in [0.1, 0.15) is 5.84 Å². The Labute approximate surface area is 103 Å². The molecule has 2 rings (SSSR count). The molecule has 0 unspecified atom stereocenters. The molecule has 1 saturated heterocycles. The fraction of sp³-hybridized carbons (Fsp3) is 0.615. The third kappa shape index (κ3) is 3.98. The summed E-state index contributed by atoms with van der Waals surface area (Å²) in [6.45, 7) is 5.45. The van der Waals surface area contributed by atoms with Crippen LogP contribution < -0.4 is 5.73 Å². The molecule has 1 aliphatic heterocycles. The van der Waals surface area contributed by atoms with Gasteiger partial charge in [-0.3, -0.25) is 9.89 Å². The van der Waals surface area contributed by atoms with Crippen molar-refractivity contribution < 1.29 is 4.74 Å². The monoisotopic (exact) mass is 235 g/mol. The molecule has 1 heterocycles. The Bertz CT molecular complexity index is 328. The zero-order valence-corrected chi connectivity index (χ0v) is 10.3. The highest BCUT2D eigenvalue weighted by molar-refractivity contribution is 5.99. The Morgan fingerprint density at radius 3 is 2.88 bits per heavy atom. The van der Waals surface area contributed by atoms with Gasteiger partial charge in [0.05, 0.1) is 19.8 Å². The van der Waals surface area contributed by atoms with Gasteiger partial charge >= 0.3 is 0 Å². The van der Waals surface area contributed by atoms with Crippen molar-refractivity contribution in [1.82, 2.24) is 4.90 Å². The highest BCUT2D eigenvalue weighted by Crippen LogP contribution is 2.09. The number of aliphatic imine (C=N–C) groups is 1. The van der Waals surface area contributed by atoms with E-state index < -0.39 is 0 Å². The first kappa shape index (κ1) is 12.3. The molecule has 0 aromatic rings. The smallest absolute Gasteiger partial charge is 0.125 e. The van der Waals surface area contributed by atoms with E-state index in [2.05, 4.69) is 28.1 Å². The summed E-state index contributed by atoms with van der Waals surface area (Å²) in [5.74, 6) is 0.675. The molecule has 1 aliphatic carbocycles. The van der Waals surface area contributed by atoms with Gasteiger partial charge in [0.15, 0.2) is 0 Å². The zero-order chi connectivity index (χ0) is 11.9. The van der Waals surface area contributed by atoms with E-state index in [-0.39, 0.29) is 0 Å². The molecule has 94 valence electrons. The molecule has 0 amide bonds. The first-order valence-electron chi connectivity index (χ1n) is 6.33. The van der Waals surface area contributed by atoms with Gasteiger partial charge < -0.3 is 10.5 Å². The third-order valence-electron chi connectivity index (χ3n) is 3.09. The molecule has 0 aromatic heterocycles. The number of nitrogens with zero attached hydrogens (tertiary/aromatic N) is 2. The number of hydrogen-bond donors (Lipinski definition) is 1. The number of hydrogen-bond acceptors (Lipinski definition) is 3. The largest absolute Gasteiger partial charge is 0.384 e. The summed E-state index contributed by atoms with van der Waals surface area (Å²) in [7, 11) is 0. The van der Waals surface area contributed by atoms with Crippen LogP contribution in [0.25, 0.3) is 0 Å². The Morgan fingerprint density at radius 2 is 2.18 bits per heavy atom. The average Bonchev–Trinajstić information content (AvgIpc) is 2.41. The van der Waals surface area contributed by atoms with Crippen molar-refractivity contribution >= 4 is 5.84 Å². The van der Waals surface area contributed by atoms with E-state index >= 15 is 0 Å². The van der Waals surface area contributed by atoms with Crippen molar-refractivity contribution in [3.05, 3.63) is 23.8 Å². The van der Waals surface area contributed by atoms with Crippen LogP contribution in [0.4, 0.5) is 0 Å². The van der Waals surface area contributed by atoms with Gasteiger partial charge in [-0.2, -0.15) is 0 Å². The number of rotatable bonds is 4. The second-order valence-electron chi connectivity index (χ2n) is 4.36. The Morgan fingerprint density at radius 1 is 1.35 bits per heavy atom. The summed E-state index contributed by atoms with van der Waals surface area (Å²) in [6, 6.07) is 0. The van der Waals surface area contributed by atoms with Crippen LogP contribution in [0.3, 0.4) is 0 Å². The standard InChI is InChI=1S/C13H21N3O/c14-13(12-4-2-1-3-5-12)15-6-7-16-8-10-17-11-9-16/h2,4-5H,1,3,6-11H2,(H2,14,15). The lowest BCUT2D eigenvalue weighted by Gasteiger charge is -2.25. The lowest BCUT2D eigenvalue weighted by molar-refractivity contribution is 0.0394. The molecule has 2 aliphatic rings. The second kappa shape index (κ2) is 6.57. The van der Waals surface area contributed by atoms with E-state index in [0.29, 0.717) is 5.84 Å². The van der Waals surface area contributed by atoms with Crippen molar-refractivity contribution in [2.45, 2.75) is 12.8 Å². The molecule has 0 spiro atoms. The fourth-order valence-corrected chi connectivity index (χ4v) is 2.03. The van der Waals surface area contributed by atoms with Crippen molar-refractivity contribution in [2.75, 3.05) is 39.4 Å². The highest BCUT2D eigenvalue weighted by Gasteiger charge is 2.09. The summed E-state index contributed by atoms with van der Waals surface area (Å²) >= 11 is 0. The number of ether oxygens (including phenoxy) is 1. The van der Waals surface area contributed by atoms with Crippen LogP contribution in [0.1, 0.15) is 12.8 Å². The minimum absolute atomic E-state index is 0.675. The highest BCUT2D eigenvalue weighted by atomic mass is 16.5. The van der Waals surface area contributed by atoms with Crippen LogP contribution in [0.2, 0.25) is 0 Å². The number of nitrogens with two attached hydrogens (primary N) is 1. The lowest BCUT2D eigenvalue weighted by atomic mass is 10.1. The molecule has 0 radical (unpaired) electrons. The van der Waals surface area contributed by atoms with E-state index in [4.69, 9.17) is 10.5 Å². The van der Waals surface area contributed by atoms with E-state index in [1.54, 1.807) is 0 Å². The van der Waals surface area contributed by atoms with Crippen molar-refractivity contribution in [1.29, 1.82) is 0 Å². The quantitative estimate of drug-likeness (QED) is 0.583. The van der Waals surface area contributed by atoms with Gasteiger partial charge in [-0.05, 0) is 12.8 Å². The van der Waals surface area contributed by atoms with E-state index in [1.165, 1.54) is 0 Å². The Balaban J connectivity index is 1.75. The van der Waals surface area contributed by atoms with Gasteiger partial charge in [-0.15, -0.1) is 0 Å². The molecule has 4 nitrogen and oxygen atoms in total. The van der Waals surface area contributed by atoms with Crippen LogP contribution in [-0.4, -0.2) is 50.1 Å². The lowest BCUT2D eigenvalue weighted by Crippen LogP contribution is -2.38. The molecular weight excluding hydrogens is 214 g/mol. The van der Waals surface area contributed by atoms with Gasteiger partial charge in [0.2, 0.25) is 0 Å². The maximum atomic E-state index is 5.95. The van der Waals surface area contributed by atoms with Crippen molar-refractivity contribution in [3.8, 4) is 0 Å². The molecule has 17 heavy (non-hydrogen) atoms. The Kier molecular flexibility index (Phi) is 4.76. The number of allylic oxidation sites excluding steroid dienone is 2. The van der Waals surface area contributed by atoms with Gasteiger partial charge in [0.25, 0.3) is 0 Å². The molecule has 2 N–H and O–H groups in total. The summed E-state index contributed by atoms with van der Waals surface area (Å²) in [5.41, 5.74) is 7.03. The van der Waals surface area contributed by atoms with Gasteiger partial charge in [0, 0.05) is 25.2 Å². The summed E-state index contributed by atoms with van der Waals surface area (Å²) in [4.78, 5) is 6.80. The molecule has 4 heteroatoms. The van der Waals surface area contributed by atoms with E-state index in [9.17, 15) is 0 Å². The van der Waals surface area contributed by atoms with E-state index in [1.807, 2.05) is 0 Å². The van der Waals surface area contributed by atoms with Crippen LogP contribution in [-0.2, 0) is 4.74 Å². The molecule has 0 aromatic carbocycles. The maximum absolute atomic E-state index is 5.95. The minimum Gasteiger partial charge on any atom is -0.384 e. The van der Waals surface area contributed by atoms with Gasteiger partial charge in [-0.25, -0.2) is 0 Å². The summed E-state index contributed by atoms with van der Waals surface area (Å²) in [5, 5.41) is 0. The molecule has 0 bridgehead atoms. The zero-order valence-electron chi connectivity index (χ0n) is 10.3. The maximum Gasteiger partial charge on any atom is 0.125 e. The number of morpholine rings is 1. The number of amidine groups is 1. The van der Waals surface area contributed by atoms with Crippen molar-refractivity contribution in [2.24, 2.45) is 10.7 Å². The minimum atomic E-state index is 0.675. The Hall–Kier alpha value is -1.13. The molecule has 1 fully saturated rings. The second-order valence-corrected chi connectivity index (χ2v) is 4.36. The fourth-order valence-electron chi connectivity index (χ4n) is 2.03. The third-order valence-corrected chi connectivity index (χ3v) is 3.09. The normalized spacial score (nSPS) is 22.6. The first-order chi connectivity index (χ1) is 8.36. The average molecular weight is 235 g/mol. The summed E-state index contributed by atoms with van der Waals surface area (Å²) in [6.07, 6.45) is 8.57. The van der Waals surface area contributed by atoms with Gasteiger partial charge in [-0.1, -0.05) is 18.2 Å². The van der Waals surface area contributed by atoms with Crippen LogP contribution >= 0.6 is 0 Å². The predicted octanol–water partition coefficient (Wildman–Crippen LogP) is 0.952. The van der Waals surface area contributed by atoms with Crippen LogP contribution in [0, 0.1) is 0 Å². The van der Waals surface area contributed by atoms with Crippen LogP contribution in [0.5, 0.6) is 0 Å². The molecular formula is C13H21N3O. The predicted molar refractivity (Wildman–Crippen MR) is 70.2 cm³/mol. The molecule has 0 atom stereocenters. The van der Waals surface area contributed by atoms with E-state index in [0.717, 1.165) is 57.8 Å². The summed E-state index contributed by atoms with van der Waals surface area (Å²) < 4.78 is 5.30. The first-order valence-corrected chi connectivity index (χ1v) is 6.33. The SMILES string of the molecule is N/C(=N/CCN1CCOCC1)C1=CCCC=C1. The van der Waals surface area contributed by atoms with Crippen molar-refractivity contribution in [3.63, 3.8) is 0 Å². The van der Waals surface area contributed by atoms with Crippen LogP contribution in [0.15, 0.2) is 28.8 Å². The molecule has 0 saturated carbocycles.